The lowest BCUT2D eigenvalue weighted by Crippen LogP contribution is -2.49. The van der Waals surface area contributed by atoms with Crippen LogP contribution in [0, 0.1) is 0 Å². The molecule has 1 aromatic rings. The van der Waals surface area contributed by atoms with Crippen molar-refractivity contribution in [3.63, 3.8) is 0 Å². The van der Waals surface area contributed by atoms with Crippen LogP contribution in [0.2, 0.25) is 0 Å². The van der Waals surface area contributed by atoms with E-state index in [2.05, 4.69) is 10.1 Å². The standard InChI is InChI=1S/C11H11F6NO/c1-9(18-2,10(12,13)14)7-3-5-8(6-4-7)19-11(15,16)17/h3-6,18H,1-2H3. The number of rotatable bonds is 3. The average molecular weight is 287 g/mol. The molecule has 0 fully saturated rings. The van der Waals surface area contributed by atoms with Gasteiger partial charge in [-0.25, -0.2) is 0 Å². The van der Waals surface area contributed by atoms with Crippen LogP contribution >= 0.6 is 0 Å². The fourth-order valence-corrected chi connectivity index (χ4v) is 1.44. The second kappa shape index (κ2) is 4.92. The Morgan fingerprint density at radius 1 is 0.947 bits per heavy atom. The number of alkyl halides is 6. The van der Waals surface area contributed by atoms with E-state index in [-0.39, 0.29) is 5.56 Å². The third-order valence-corrected chi connectivity index (χ3v) is 2.73. The van der Waals surface area contributed by atoms with Crippen molar-refractivity contribution in [1.29, 1.82) is 0 Å². The van der Waals surface area contributed by atoms with Crippen LogP contribution in [0.25, 0.3) is 0 Å². The van der Waals surface area contributed by atoms with Gasteiger partial charge < -0.3 is 10.1 Å². The van der Waals surface area contributed by atoms with Gasteiger partial charge in [0.1, 0.15) is 11.3 Å². The van der Waals surface area contributed by atoms with Gasteiger partial charge in [0, 0.05) is 0 Å². The molecule has 108 valence electrons. The molecule has 0 radical (unpaired) electrons. The van der Waals surface area contributed by atoms with E-state index >= 15 is 0 Å². The van der Waals surface area contributed by atoms with Gasteiger partial charge in [-0.2, -0.15) is 13.2 Å². The molecule has 1 atom stereocenters. The van der Waals surface area contributed by atoms with E-state index in [9.17, 15) is 26.3 Å². The Balaban J connectivity index is 3.04. The predicted octanol–water partition coefficient (Wildman–Crippen LogP) is 3.58. The Hall–Kier alpha value is -1.44. The second-order valence-corrected chi connectivity index (χ2v) is 3.94. The Kier molecular flexibility index (Phi) is 4.04. The van der Waals surface area contributed by atoms with Crippen LogP contribution in [0.3, 0.4) is 0 Å². The number of benzene rings is 1. The Morgan fingerprint density at radius 3 is 1.74 bits per heavy atom. The van der Waals surface area contributed by atoms with Crippen molar-refractivity contribution in [3.05, 3.63) is 29.8 Å². The lowest BCUT2D eigenvalue weighted by Gasteiger charge is -2.32. The molecule has 0 saturated heterocycles. The van der Waals surface area contributed by atoms with Gasteiger partial charge >= 0.3 is 12.5 Å². The molecule has 1 N–H and O–H groups in total. The van der Waals surface area contributed by atoms with Crippen LogP contribution in [-0.2, 0) is 5.54 Å². The molecule has 1 rings (SSSR count). The Labute approximate surface area is 105 Å². The summed E-state index contributed by atoms with van der Waals surface area (Å²) in [6.45, 7) is 0.895. The molecule has 2 nitrogen and oxygen atoms in total. The topological polar surface area (TPSA) is 21.3 Å². The molecular weight excluding hydrogens is 276 g/mol. The fourth-order valence-electron chi connectivity index (χ4n) is 1.44. The summed E-state index contributed by atoms with van der Waals surface area (Å²) in [6, 6.07) is 3.55. The van der Waals surface area contributed by atoms with Crippen LogP contribution in [0.5, 0.6) is 5.75 Å². The summed E-state index contributed by atoms with van der Waals surface area (Å²) >= 11 is 0. The molecule has 0 aliphatic carbocycles. The molecule has 0 saturated carbocycles. The van der Waals surface area contributed by atoms with E-state index in [0.29, 0.717) is 0 Å². The quantitative estimate of drug-likeness (QED) is 0.858. The number of ether oxygens (including phenoxy) is 1. The highest BCUT2D eigenvalue weighted by molar-refractivity contribution is 5.32. The molecule has 0 bridgehead atoms. The van der Waals surface area contributed by atoms with Gasteiger partial charge in [-0.15, -0.1) is 13.2 Å². The SMILES string of the molecule is CNC(C)(c1ccc(OC(F)(F)F)cc1)C(F)(F)F. The van der Waals surface area contributed by atoms with Crippen molar-refractivity contribution in [1.82, 2.24) is 5.32 Å². The maximum absolute atomic E-state index is 12.9. The van der Waals surface area contributed by atoms with E-state index in [1.165, 1.54) is 0 Å². The summed E-state index contributed by atoms with van der Waals surface area (Å²) in [7, 11) is 1.12. The molecule has 19 heavy (non-hydrogen) atoms. The minimum absolute atomic E-state index is 0.211. The van der Waals surface area contributed by atoms with Gasteiger partial charge in [0.2, 0.25) is 0 Å². The first-order valence-corrected chi connectivity index (χ1v) is 5.11. The summed E-state index contributed by atoms with van der Waals surface area (Å²) in [5.74, 6) is -0.572. The molecule has 1 unspecified atom stereocenters. The molecule has 0 aliphatic rings. The normalized spacial score (nSPS) is 16.0. The molecule has 1 aromatic carbocycles. The van der Waals surface area contributed by atoms with E-state index < -0.39 is 23.8 Å². The number of hydrogen-bond donors (Lipinski definition) is 1. The maximum atomic E-state index is 12.9. The first-order valence-electron chi connectivity index (χ1n) is 5.11. The predicted molar refractivity (Wildman–Crippen MR) is 55.6 cm³/mol. The van der Waals surface area contributed by atoms with Crippen LogP contribution < -0.4 is 10.1 Å². The summed E-state index contributed by atoms with van der Waals surface area (Å²) in [5, 5.41) is 2.11. The van der Waals surface area contributed by atoms with Gasteiger partial charge in [0.15, 0.2) is 0 Å². The molecule has 0 aromatic heterocycles. The highest BCUT2D eigenvalue weighted by Gasteiger charge is 2.51. The number of hydrogen-bond acceptors (Lipinski definition) is 2. The summed E-state index contributed by atoms with van der Waals surface area (Å²) in [5.41, 5.74) is -2.55. The monoisotopic (exact) mass is 287 g/mol. The first-order chi connectivity index (χ1) is 8.49. The van der Waals surface area contributed by atoms with E-state index in [4.69, 9.17) is 0 Å². The lowest BCUT2D eigenvalue weighted by atomic mass is 9.91. The maximum Gasteiger partial charge on any atom is 0.573 e. The zero-order valence-corrected chi connectivity index (χ0v) is 9.99. The average Bonchev–Trinajstić information content (AvgIpc) is 2.25. The lowest BCUT2D eigenvalue weighted by molar-refractivity contribution is -0.274. The van der Waals surface area contributed by atoms with Gasteiger partial charge in [0.05, 0.1) is 0 Å². The van der Waals surface area contributed by atoms with Crippen molar-refractivity contribution >= 4 is 0 Å². The first kappa shape index (κ1) is 15.6. The minimum atomic E-state index is -4.88. The zero-order valence-electron chi connectivity index (χ0n) is 9.99. The third kappa shape index (κ3) is 3.52. The van der Waals surface area contributed by atoms with Crippen molar-refractivity contribution in [2.45, 2.75) is 25.0 Å². The van der Waals surface area contributed by atoms with Crippen molar-refractivity contribution in [3.8, 4) is 5.75 Å². The van der Waals surface area contributed by atoms with Crippen LogP contribution in [0.1, 0.15) is 12.5 Å². The fraction of sp³-hybridized carbons (Fsp3) is 0.455. The van der Waals surface area contributed by atoms with Crippen LogP contribution in [-0.4, -0.2) is 19.6 Å². The molecule has 0 amide bonds. The van der Waals surface area contributed by atoms with Crippen LogP contribution in [0.4, 0.5) is 26.3 Å². The molecule has 8 heteroatoms. The summed E-state index contributed by atoms with van der Waals surface area (Å²) in [6.07, 6.45) is -9.47. The number of nitrogens with one attached hydrogen (secondary N) is 1. The van der Waals surface area contributed by atoms with Crippen molar-refractivity contribution < 1.29 is 31.1 Å². The van der Waals surface area contributed by atoms with Gasteiger partial charge in [-0.05, 0) is 31.7 Å². The molecular formula is C11H11F6NO. The summed E-state index contributed by atoms with van der Waals surface area (Å²) < 4.78 is 78.0. The molecule has 0 aliphatic heterocycles. The second-order valence-electron chi connectivity index (χ2n) is 3.94. The number of halogens is 6. The van der Waals surface area contributed by atoms with Gasteiger partial charge in [-0.1, -0.05) is 12.1 Å². The van der Waals surface area contributed by atoms with Crippen molar-refractivity contribution in [2.24, 2.45) is 0 Å². The third-order valence-electron chi connectivity index (χ3n) is 2.73. The minimum Gasteiger partial charge on any atom is -0.406 e. The van der Waals surface area contributed by atoms with E-state index in [0.717, 1.165) is 38.2 Å². The largest absolute Gasteiger partial charge is 0.573 e. The Bertz CT molecular complexity index is 424. The van der Waals surface area contributed by atoms with E-state index in [1.54, 1.807) is 0 Å². The highest BCUT2D eigenvalue weighted by atomic mass is 19.4. The van der Waals surface area contributed by atoms with Crippen molar-refractivity contribution in [2.75, 3.05) is 7.05 Å². The van der Waals surface area contributed by atoms with Gasteiger partial charge in [0.25, 0.3) is 0 Å². The highest BCUT2D eigenvalue weighted by Crippen LogP contribution is 2.39. The zero-order chi connectivity index (χ0) is 14.9. The molecule has 0 spiro atoms. The van der Waals surface area contributed by atoms with E-state index in [1.807, 2.05) is 0 Å². The van der Waals surface area contributed by atoms with Gasteiger partial charge in [-0.3, -0.25) is 0 Å². The Morgan fingerprint density at radius 2 is 1.42 bits per heavy atom. The smallest absolute Gasteiger partial charge is 0.406 e. The summed E-state index contributed by atoms with van der Waals surface area (Å²) in [4.78, 5) is 0. The van der Waals surface area contributed by atoms with Crippen LogP contribution in [0.15, 0.2) is 24.3 Å². The molecule has 0 heterocycles.